The van der Waals surface area contributed by atoms with E-state index in [0.717, 1.165) is 0 Å². The van der Waals surface area contributed by atoms with Crippen LogP contribution in [0.5, 0.6) is 0 Å². The van der Waals surface area contributed by atoms with E-state index in [1.807, 2.05) is 0 Å². The summed E-state index contributed by atoms with van der Waals surface area (Å²) in [6.45, 7) is 1.68. The quantitative estimate of drug-likeness (QED) is 0.248. The van der Waals surface area contributed by atoms with Crippen molar-refractivity contribution in [2.24, 2.45) is 0 Å². The number of nitrogens with one attached hydrogen (secondary N) is 1. The van der Waals surface area contributed by atoms with Crippen LogP contribution in [0.4, 0.5) is 28.0 Å². The summed E-state index contributed by atoms with van der Waals surface area (Å²) in [6, 6.07) is 16.1. The number of anilines is 1. The number of hydrogen-bond donors (Lipinski definition) is 1. The van der Waals surface area contributed by atoms with E-state index in [9.17, 15) is 27.2 Å². The van der Waals surface area contributed by atoms with Crippen LogP contribution in [-0.4, -0.2) is 33.0 Å². The van der Waals surface area contributed by atoms with Crippen molar-refractivity contribution in [3.63, 3.8) is 0 Å². The summed E-state index contributed by atoms with van der Waals surface area (Å²) in [6.07, 6.45) is 0. The molecule has 0 saturated heterocycles. The van der Waals surface area contributed by atoms with Crippen molar-refractivity contribution in [3.8, 4) is 5.69 Å². The van der Waals surface area contributed by atoms with Crippen molar-refractivity contribution in [2.75, 3.05) is 12.4 Å². The van der Waals surface area contributed by atoms with E-state index < -0.39 is 23.4 Å². The molecule has 36 heavy (non-hydrogen) atoms. The van der Waals surface area contributed by atoms with Gasteiger partial charge in [-0.3, -0.25) is 9.36 Å². The van der Waals surface area contributed by atoms with Crippen LogP contribution in [-0.2, 0) is 0 Å². The first-order chi connectivity index (χ1) is 17.0. The van der Waals surface area contributed by atoms with Gasteiger partial charge in [-0.2, -0.15) is 13.2 Å². The van der Waals surface area contributed by atoms with Gasteiger partial charge in [0.15, 0.2) is 0 Å². The highest BCUT2D eigenvalue weighted by Crippen LogP contribution is 2.37. The van der Waals surface area contributed by atoms with Crippen molar-refractivity contribution in [1.82, 2.24) is 14.5 Å². The molecule has 1 aromatic heterocycles. The fourth-order valence-corrected chi connectivity index (χ4v) is 4.11. The number of para-hydroxylation sites is 1. The van der Waals surface area contributed by atoms with Crippen molar-refractivity contribution in [1.29, 1.82) is 0 Å². The van der Waals surface area contributed by atoms with Crippen molar-refractivity contribution in [3.05, 3.63) is 94.8 Å². The molecular formula is C25H20F4N4O2S. The Bertz CT molecular complexity index is 1450. The average molecular weight is 517 g/mol. The molecule has 0 bridgehead atoms. The summed E-state index contributed by atoms with van der Waals surface area (Å²) >= 11 is -0.248. The largest absolute Gasteiger partial charge is 0.446 e. The van der Waals surface area contributed by atoms with Crippen LogP contribution in [0.2, 0.25) is 0 Å². The molecule has 11 heteroatoms. The van der Waals surface area contributed by atoms with Gasteiger partial charge < -0.3 is 10.2 Å². The maximum absolute atomic E-state index is 13.5. The van der Waals surface area contributed by atoms with Gasteiger partial charge in [0.25, 0.3) is 5.56 Å². The predicted molar refractivity (Wildman–Crippen MR) is 131 cm³/mol. The molecule has 2 amide bonds. The number of aromatic nitrogens is 2. The molecule has 1 unspecified atom stereocenters. The van der Waals surface area contributed by atoms with Crippen molar-refractivity contribution < 1.29 is 22.4 Å². The second-order valence-electron chi connectivity index (χ2n) is 7.89. The first-order valence-electron chi connectivity index (χ1n) is 10.7. The zero-order valence-corrected chi connectivity index (χ0v) is 19.9. The Hall–Kier alpha value is -3.86. The van der Waals surface area contributed by atoms with E-state index in [1.165, 1.54) is 65.0 Å². The number of carbonyl (C=O) groups excluding carboxylic acids is 1. The number of hydrogen-bond acceptors (Lipinski definition) is 4. The Kier molecular flexibility index (Phi) is 7.02. The molecule has 3 aromatic carbocycles. The fraction of sp³-hybridized carbons (Fsp3) is 0.160. The Morgan fingerprint density at radius 3 is 2.31 bits per heavy atom. The highest BCUT2D eigenvalue weighted by molar-refractivity contribution is 8.00. The standard InChI is InChI=1S/C25H20F4N4O2S/c1-15(32(2)24(35)30-17-9-13-19(14-10-17)36-25(27,28)29)22-31-21-6-4-3-5-20(21)23(34)33(22)18-11-7-16(26)8-12-18/h3-15H,1-2H3,(H,30,35). The smallest absolute Gasteiger partial charge is 0.318 e. The summed E-state index contributed by atoms with van der Waals surface area (Å²) in [5.74, 6) is -0.217. The molecule has 1 heterocycles. The van der Waals surface area contributed by atoms with Gasteiger partial charge in [-0.1, -0.05) is 12.1 Å². The summed E-state index contributed by atoms with van der Waals surface area (Å²) < 4.78 is 52.5. The van der Waals surface area contributed by atoms with E-state index in [1.54, 1.807) is 31.2 Å². The number of amides is 2. The number of thioether (sulfide) groups is 1. The third-order valence-electron chi connectivity index (χ3n) is 5.50. The van der Waals surface area contributed by atoms with E-state index in [-0.39, 0.29) is 28.0 Å². The number of halogens is 4. The van der Waals surface area contributed by atoms with Crippen LogP contribution in [0.15, 0.2) is 82.5 Å². The molecule has 0 aliphatic carbocycles. The molecule has 0 spiro atoms. The normalized spacial score (nSPS) is 12.4. The average Bonchev–Trinajstić information content (AvgIpc) is 2.84. The lowest BCUT2D eigenvalue weighted by atomic mass is 10.2. The van der Waals surface area contributed by atoms with Gasteiger partial charge >= 0.3 is 11.5 Å². The first kappa shape index (κ1) is 25.2. The molecule has 1 atom stereocenters. The van der Waals surface area contributed by atoms with Gasteiger partial charge in [0, 0.05) is 17.6 Å². The molecule has 0 aliphatic rings. The van der Waals surface area contributed by atoms with Crippen LogP contribution < -0.4 is 10.9 Å². The minimum absolute atomic E-state index is 0.00843. The van der Waals surface area contributed by atoms with Crippen molar-refractivity contribution in [2.45, 2.75) is 23.4 Å². The van der Waals surface area contributed by atoms with Gasteiger partial charge in [0.2, 0.25) is 0 Å². The number of benzene rings is 3. The topological polar surface area (TPSA) is 67.2 Å². The minimum atomic E-state index is -4.41. The molecular weight excluding hydrogens is 496 g/mol. The van der Waals surface area contributed by atoms with Crippen LogP contribution in [0, 0.1) is 5.82 Å². The zero-order valence-electron chi connectivity index (χ0n) is 19.1. The highest BCUT2D eigenvalue weighted by atomic mass is 32.2. The van der Waals surface area contributed by atoms with Crippen LogP contribution in [0.1, 0.15) is 18.8 Å². The third-order valence-corrected chi connectivity index (χ3v) is 6.24. The third kappa shape index (κ3) is 5.51. The van der Waals surface area contributed by atoms with Crippen LogP contribution in [0.25, 0.3) is 16.6 Å². The first-order valence-corrected chi connectivity index (χ1v) is 11.5. The van der Waals surface area contributed by atoms with Gasteiger partial charge in [-0.15, -0.1) is 0 Å². The maximum Gasteiger partial charge on any atom is 0.446 e. The summed E-state index contributed by atoms with van der Waals surface area (Å²) in [7, 11) is 1.50. The Balaban J connectivity index is 1.65. The molecule has 0 aliphatic heterocycles. The van der Waals surface area contributed by atoms with E-state index in [2.05, 4.69) is 10.3 Å². The van der Waals surface area contributed by atoms with E-state index in [0.29, 0.717) is 22.3 Å². The fourth-order valence-electron chi connectivity index (χ4n) is 3.57. The lowest BCUT2D eigenvalue weighted by Crippen LogP contribution is -2.37. The minimum Gasteiger partial charge on any atom is -0.318 e. The Morgan fingerprint density at radius 2 is 1.67 bits per heavy atom. The number of carbonyl (C=O) groups is 1. The number of fused-ring (bicyclic) bond motifs is 1. The van der Waals surface area contributed by atoms with Gasteiger partial charge in [0.05, 0.1) is 22.6 Å². The second kappa shape index (κ2) is 10.0. The van der Waals surface area contributed by atoms with Gasteiger partial charge in [0.1, 0.15) is 11.6 Å². The number of urea groups is 1. The number of nitrogens with zero attached hydrogens (tertiary/aromatic N) is 3. The number of rotatable bonds is 5. The summed E-state index contributed by atoms with van der Waals surface area (Å²) in [5, 5.41) is 3.00. The lowest BCUT2D eigenvalue weighted by Gasteiger charge is -2.27. The van der Waals surface area contributed by atoms with Crippen molar-refractivity contribution >= 4 is 34.4 Å². The van der Waals surface area contributed by atoms with Crippen LogP contribution in [0.3, 0.4) is 0 Å². The maximum atomic E-state index is 13.5. The zero-order chi connectivity index (χ0) is 26.0. The van der Waals surface area contributed by atoms with E-state index >= 15 is 0 Å². The van der Waals surface area contributed by atoms with Crippen LogP contribution >= 0.6 is 11.8 Å². The molecule has 6 nitrogen and oxygen atoms in total. The highest BCUT2D eigenvalue weighted by Gasteiger charge is 2.29. The molecule has 0 fully saturated rings. The molecule has 1 N–H and O–H groups in total. The molecule has 0 radical (unpaired) electrons. The summed E-state index contributed by atoms with van der Waals surface area (Å²) in [4.78, 5) is 32.3. The molecule has 4 rings (SSSR count). The molecule has 4 aromatic rings. The lowest BCUT2D eigenvalue weighted by molar-refractivity contribution is -0.0328. The van der Waals surface area contributed by atoms with E-state index in [4.69, 9.17) is 0 Å². The van der Waals surface area contributed by atoms with Gasteiger partial charge in [-0.05, 0) is 79.3 Å². The predicted octanol–water partition coefficient (Wildman–Crippen LogP) is 6.36. The Labute approximate surface area is 207 Å². The number of alkyl halides is 3. The monoisotopic (exact) mass is 516 g/mol. The SMILES string of the molecule is CC(c1nc2ccccc2c(=O)n1-c1ccc(F)cc1)N(C)C(=O)Nc1ccc(SC(F)(F)F)cc1. The molecule has 186 valence electrons. The summed E-state index contributed by atoms with van der Waals surface area (Å²) in [5.41, 5.74) is -3.66. The van der Waals surface area contributed by atoms with Gasteiger partial charge in [-0.25, -0.2) is 14.2 Å². The molecule has 0 saturated carbocycles. The second-order valence-corrected chi connectivity index (χ2v) is 9.03. The Morgan fingerprint density at radius 1 is 1.03 bits per heavy atom.